The quantitative estimate of drug-likeness (QED) is 0.603. The van der Waals surface area contributed by atoms with Crippen molar-refractivity contribution in [1.82, 2.24) is 4.90 Å². The number of hydrogen-bond donors (Lipinski definition) is 0. The highest BCUT2D eigenvalue weighted by molar-refractivity contribution is 6.02. The molecule has 152 valence electrons. The monoisotopic (exact) mass is 402 g/mol. The Balaban J connectivity index is 1.89. The van der Waals surface area contributed by atoms with Crippen LogP contribution < -0.4 is 0 Å². The second-order valence-electron chi connectivity index (χ2n) is 7.48. The van der Waals surface area contributed by atoms with Gasteiger partial charge in [-0.1, -0.05) is 18.2 Å². The van der Waals surface area contributed by atoms with Crippen LogP contribution >= 0.6 is 0 Å². The number of piperidine rings is 1. The molecule has 1 saturated heterocycles. The predicted molar refractivity (Wildman–Crippen MR) is 112 cm³/mol. The Morgan fingerprint density at radius 2 is 1.90 bits per heavy atom. The van der Waals surface area contributed by atoms with E-state index in [9.17, 15) is 14.9 Å². The van der Waals surface area contributed by atoms with Crippen LogP contribution in [0.15, 0.2) is 46.9 Å². The van der Waals surface area contributed by atoms with Crippen molar-refractivity contribution in [3.05, 3.63) is 59.4 Å². The van der Waals surface area contributed by atoms with Crippen molar-refractivity contribution in [2.45, 2.75) is 25.7 Å². The van der Waals surface area contributed by atoms with Crippen molar-refractivity contribution in [2.75, 3.05) is 20.2 Å². The molecule has 2 aromatic carbocycles. The number of ether oxygens (including phenoxy) is 1. The molecule has 1 fully saturated rings. The van der Waals surface area contributed by atoms with Crippen LogP contribution in [0, 0.1) is 11.3 Å². The number of hydrogen-bond acceptors (Lipinski definition) is 5. The summed E-state index contributed by atoms with van der Waals surface area (Å²) in [7, 11) is 1.35. The van der Waals surface area contributed by atoms with Crippen molar-refractivity contribution >= 4 is 22.8 Å². The molecule has 0 aliphatic carbocycles. The first-order chi connectivity index (χ1) is 14.5. The van der Waals surface area contributed by atoms with Crippen LogP contribution in [0.3, 0.4) is 0 Å². The number of methoxy groups -OCH3 is 1. The molecule has 0 unspecified atom stereocenters. The minimum atomic E-state index is -0.422. The Kier molecular flexibility index (Phi) is 5.28. The summed E-state index contributed by atoms with van der Waals surface area (Å²) in [6.07, 6.45) is 1.57. The zero-order chi connectivity index (χ0) is 21.3. The minimum absolute atomic E-state index is 0.0795. The molecule has 0 bridgehead atoms. The molecule has 4 rings (SSSR count). The van der Waals surface area contributed by atoms with Crippen LogP contribution in [-0.4, -0.2) is 37.0 Å². The zero-order valence-electron chi connectivity index (χ0n) is 17.0. The normalized spacial score (nSPS) is 14.5. The lowest BCUT2D eigenvalue weighted by atomic mass is 9.87. The Labute approximate surface area is 174 Å². The number of fused-ring (bicyclic) bond motifs is 1. The molecule has 1 aromatic heterocycles. The summed E-state index contributed by atoms with van der Waals surface area (Å²) in [4.78, 5) is 25.6. The Morgan fingerprint density at radius 3 is 2.57 bits per heavy atom. The molecule has 0 saturated carbocycles. The fraction of sp³-hybridized carbons (Fsp3) is 0.292. The summed E-state index contributed by atoms with van der Waals surface area (Å²) in [6.45, 7) is 2.93. The molecule has 0 atom stereocenters. The molecule has 1 aliphatic heterocycles. The van der Waals surface area contributed by atoms with E-state index in [4.69, 9.17) is 9.15 Å². The van der Waals surface area contributed by atoms with Crippen LogP contribution in [0.5, 0.6) is 0 Å². The van der Waals surface area contributed by atoms with Gasteiger partial charge in [0.05, 0.1) is 24.3 Å². The number of nitrogens with zero attached hydrogens (tertiary/aromatic N) is 2. The molecule has 6 heteroatoms. The van der Waals surface area contributed by atoms with Gasteiger partial charge in [0.25, 0.3) is 0 Å². The molecule has 1 amide bonds. The summed E-state index contributed by atoms with van der Waals surface area (Å²) in [6, 6.07) is 14.9. The molecule has 1 aliphatic rings. The van der Waals surface area contributed by atoms with Gasteiger partial charge < -0.3 is 14.1 Å². The lowest BCUT2D eigenvalue weighted by Crippen LogP contribution is -2.36. The first-order valence-corrected chi connectivity index (χ1v) is 9.93. The third kappa shape index (κ3) is 3.43. The Bertz CT molecular complexity index is 1160. The molecule has 6 nitrogen and oxygen atoms in total. The highest BCUT2D eigenvalue weighted by Gasteiger charge is 2.29. The maximum atomic E-state index is 12.1. The van der Waals surface area contributed by atoms with Crippen molar-refractivity contribution < 1.29 is 18.7 Å². The summed E-state index contributed by atoms with van der Waals surface area (Å²) >= 11 is 0. The molecule has 2 heterocycles. The standard InChI is InChI=1S/C24H22N2O4/c1-15(27)26-11-9-16(10-12-26)23-22(19-6-4-3-5-18(19)14-25)20-13-17(24(28)29-2)7-8-21(20)30-23/h3-8,13,16H,9-12H2,1-2H3. The van der Waals surface area contributed by atoms with Gasteiger partial charge in [0.2, 0.25) is 5.91 Å². The third-order valence-corrected chi connectivity index (χ3v) is 5.76. The number of benzene rings is 2. The number of carbonyl (C=O) groups is 2. The fourth-order valence-corrected chi connectivity index (χ4v) is 4.18. The lowest BCUT2D eigenvalue weighted by Gasteiger charge is -2.30. The first-order valence-electron chi connectivity index (χ1n) is 9.93. The summed E-state index contributed by atoms with van der Waals surface area (Å²) in [5, 5.41) is 10.5. The number of rotatable bonds is 3. The molecular weight excluding hydrogens is 380 g/mol. The van der Waals surface area contributed by atoms with Crippen molar-refractivity contribution in [2.24, 2.45) is 0 Å². The second kappa shape index (κ2) is 8.03. The molecule has 0 spiro atoms. The third-order valence-electron chi connectivity index (χ3n) is 5.76. The zero-order valence-corrected chi connectivity index (χ0v) is 17.0. The van der Waals surface area contributed by atoms with E-state index in [1.54, 1.807) is 31.2 Å². The summed E-state index contributed by atoms with van der Waals surface area (Å²) in [5.74, 6) is 0.582. The van der Waals surface area contributed by atoms with E-state index in [-0.39, 0.29) is 11.8 Å². The van der Waals surface area contributed by atoms with Crippen LogP contribution in [-0.2, 0) is 9.53 Å². The molecule has 0 N–H and O–H groups in total. The lowest BCUT2D eigenvalue weighted by molar-refractivity contribution is -0.129. The van der Waals surface area contributed by atoms with Gasteiger partial charge in [0, 0.05) is 42.4 Å². The maximum absolute atomic E-state index is 12.1. The van der Waals surface area contributed by atoms with E-state index in [1.807, 2.05) is 23.1 Å². The molecular formula is C24H22N2O4. The van der Waals surface area contributed by atoms with E-state index in [1.165, 1.54) is 7.11 Å². The van der Waals surface area contributed by atoms with Crippen LogP contribution in [0.4, 0.5) is 0 Å². The average Bonchev–Trinajstić information content (AvgIpc) is 3.17. The smallest absolute Gasteiger partial charge is 0.337 e. The fourth-order valence-electron chi connectivity index (χ4n) is 4.18. The largest absolute Gasteiger partial charge is 0.465 e. The Hall–Kier alpha value is -3.59. The topological polar surface area (TPSA) is 83.5 Å². The van der Waals surface area contributed by atoms with E-state index < -0.39 is 5.97 Å². The Morgan fingerprint density at radius 1 is 1.17 bits per heavy atom. The first kappa shape index (κ1) is 19.7. The summed E-state index contributed by atoms with van der Waals surface area (Å²) < 4.78 is 11.2. The summed E-state index contributed by atoms with van der Waals surface area (Å²) in [5.41, 5.74) is 3.26. The number of carbonyl (C=O) groups excluding carboxylic acids is 2. The second-order valence-corrected chi connectivity index (χ2v) is 7.48. The van der Waals surface area contributed by atoms with Gasteiger partial charge in [-0.15, -0.1) is 0 Å². The number of likely N-dealkylation sites (tertiary alicyclic amines) is 1. The van der Waals surface area contributed by atoms with Gasteiger partial charge in [0.15, 0.2) is 0 Å². The van der Waals surface area contributed by atoms with Crippen LogP contribution in [0.25, 0.3) is 22.1 Å². The highest BCUT2D eigenvalue weighted by atomic mass is 16.5. The number of nitriles is 1. The van der Waals surface area contributed by atoms with Gasteiger partial charge >= 0.3 is 5.97 Å². The molecule has 0 radical (unpaired) electrons. The van der Waals surface area contributed by atoms with E-state index in [0.717, 1.165) is 35.1 Å². The highest BCUT2D eigenvalue weighted by Crippen LogP contribution is 2.43. The van der Waals surface area contributed by atoms with E-state index in [2.05, 4.69) is 6.07 Å². The minimum Gasteiger partial charge on any atom is -0.465 e. The van der Waals surface area contributed by atoms with Gasteiger partial charge in [0.1, 0.15) is 11.3 Å². The van der Waals surface area contributed by atoms with Gasteiger partial charge in [-0.25, -0.2) is 4.79 Å². The van der Waals surface area contributed by atoms with E-state index in [0.29, 0.717) is 29.8 Å². The predicted octanol–water partition coefficient (Wildman–Crippen LogP) is 4.48. The average molecular weight is 402 g/mol. The van der Waals surface area contributed by atoms with Gasteiger partial charge in [-0.3, -0.25) is 4.79 Å². The molecule has 3 aromatic rings. The molecule has 30 heavy (non-hydrogen) atoms. The van der Waals surface area contributed by atoms with Crippen molar-refractivity contribution in [3.8, 4) is 17.2 Å². The maximum Gasteiger partial charge on any atom is 0.337 e. The van der Waals surface area contributed by atoms with Crippen LogP contribution in [0.1, 0.15) is 47.4 Å². The van der Waals surface area contributed by atoms with E-state index >= 15 is 0 Å². The van der Waals surface area contributed by atoms with Crippen molar-refractivity contribution in [3.63, 3.8) is 0 Å². The SMILES string of the molecule is COC(=O)c1ccc2oc(C3CCN(C(C)=O)CC3)c(-c3ccccc3C#N)c2c1. The van der Waals surface area contributed by atoms with Crippen LogP contribution in [0.2, 0.25) is 0 Å². The van der Waals surface area contributed by atoms with Gasteiger partial charge in [-0.2, -0.15) is 5.26 Å². The number of furan rings is 1. The number of amides is 1. The van der Waals surface area contributed by atoms with Crippen molar-refractivity contribution in [1.29, 1.82) is 5.26 Å². The van der Waals surface area contributed by atoms with Gasteiger partial charge in [-0.05, 0) is 37.1 Å². The number of esters is 1.